The first-order valence-electron chi connectivity index (χ1n) is 7.46. The van der Waals surface area contributed by atoms with E-state index in [4.69, 9.17) is 0 Å². The highest BCUT2D eigenvalue weighted by atomic mass is 32.1. The third kappa shape index (κ3) is 2.75. The molecule has 0 aromatic carbocycles. The summed E-state index contributed by atoms with van der Waals surface area (Å²) < 4.78 is 0. The highest BCUT2D eigenvalue weighted by Gasteiger charge is 2.31. The fraction of sp³-hybridized carbons (Fsp3) is 0.667. The lowest BCUT2D eigenvalue weighted by atomic mass is 10.2. The molecule has 0 spiro atoms. The Bertz CT molecular complexity index is 474. The average Bonchev–Trinajstić information content (AvgIpc) is 3.07. The van der Waals surface area contributed by atoms with Gasteiger partial charge < -0.3 is 10.2 Å². The summed E-state index contributed by atoms with van der Waals surface area (Å²) >= 11 is 1.63. The Labute approximate surface area is 124 Å². The Morgan fingerprint density at radius 2 is 2.05 bits per heavy atom. The number of carbonyl (C=O) groups is 1. The standard InChI is InChI=1S/C15H23N3OS/c1-11-9-14(20-12(11)2)15(19)18-6-3-13(10-18)17-7-4-16-5-8-17/h9,13,16H,3-8,10H2,1-2H3. The van der Waals surface area contributed by atoms with Crippen LogP contribution in [0.15, 0.2) is 6.07 Å². The predicted molar refractivity (Wildman–Crippen MR) is 82.5 cm³/mol. The minimum atomic E-state index is 0.226. The number of nitrogens with zero attached hydrogens (tertiary/aromatic N) is 2. The molecule has 1 aromatic rings. The molecule has 20 heavy (non-hydrogen) atoms. The van der Waals surface area contributed by atoms with E-state index in [0.717, 1.165) is 50.6 Å². The van der Waals surface area contributed by atoms with E-state index in [0.29, 0.717) is 6.04 Å². The van der Waals surface area contributed by atoms with E-state index < -0.39 is 0 Å². The molecule has 1 N–H and O–H groups in total. The van der Waals surface area contributed by atoms with Gasteiger partial charge in [0, 0.05) is 50.2 Å². The minimum absolute atomic E-state index is 0.226. The second kappa shape index (κ2) is 5.84. The zero-order valence-corrected chi connectivity index (χ0v) is 13.1. The van der Waals surface area contributed by atoms with Crippen LogP contribution in [0.4, 0.5) is 0 Å². The summed E-state index contributed by atoms with van der Waals surface area (Å²) in [4.78, 5) is 19.3. The first-order chi connectivity index (χ1) is 9.65. The molecule has 0 aliphatic carbocycles. The maximum Gasteiger partial charge on any atom is 0.263 e. The molecule has 2 aliphatic heterocycles. The quantitative estimate of drug-likeness (QED) is 0.897. The third-order valence-electron chi connectivity index (χ3n) is 4.50. The van der Waals surface area contributed by atoms with E-state index in [2.05, 4.69) is 24.1 Å². The Morgan fingerprint density at radius 1 is 1.30 bits per heavy atom. The molecule has 110 valence electrons. The number of likely N-dealkylation sites (tertiary alicyclic amines) is 1. The molecule has 3 heterocycles. The number of piperazine rings is 1. The van der Waals surface area contributed by atoms with Gasteiger partial charge in [0.2, 0.25) is 0 Å². The van der Waals surface area contributed by atoms with E-state index in [-0.39, 0.29) is 5.91 Å². The zero-order chi connectivity index (χ0) is 14.1. The van der Waals surface area contributed by atoms with Crippen LogP contribution in [0.1, 0.15) is 26.5 Å². The van der Waals surface area contributed by atoms with Gasteiger partial charge in [-0.3, -0.25) is 9.69 Å². The number of nitrogens with one attached hydrogen (secondary N) is 1. The van der Waals surface area contributed by atoms with Crippen molar-refractivity contribution < 1.29 is 4.79 Å². The second-order valence-electron chi connectivity index (χ2n) is 5.83. The molecule has 4 nitrogen and oxygen atoms in total. The summed E-state index contributed by atoms with van der Waals surface area (Å²) in [6.45, 7) is 10.4. The molecular formula is C15H23N3OS. The Balaban J connectivity index is 1.63. The van der Waals surface area contributed by atoms with E-state index in [1.807, 2.05) is 11.0 Å². The highest BCUT2D eigenvalue weighted by molar-refractivity contribution is 7.14. The molecule has 0 bridgehead atoms. The van der Waals surface area contributed by atoms with Crippen LogP contribution in [0, 0.1) is 13.8 Å². The number of aryl methyl sites for hydroxylation is 2. The van der Waals surface area contributed by atoms with Crippen molar-refractivity contribution >= 4 is 17.2 Å². The van der Waals surface area contributed by atoms with Crippen molar-refractivity contribution in [1.29, 1.82) is 0 Å². The van der Waals surface area contributed by atoms with Crippen LogP contribution in [-0.4, -0.2) is 61.0 Å². The fourth-order valence-corrected chi connectivity index (χ4v) is 4.11. The molecule has 5 heteroatoms. The minimum Gasteiger partial charge on any atom is -0.336 e. The molecule has 1 atom stereocenters. The van der Waals surface area contributed by atoms with Gasteiger partial charge in [-0.25, -0.2) is 0 Å². The molecule has 1 amide bonds. The number of hydrogen-bond acceptors (Lipinski definition) is 4. The zero-order valence-electron chi connectivity index (χ0n) is 12.3. The van der Waals surface area contributed by atoms with Gasteiger partial charge in [0.15, 0.2) is 0 Å². The van der Waals surface area contributed by atoms with Gasteiger partial charge in [-0.05, 0) is 31.9 Å². The smallest absolute Gasteiger partial charge is 0.263 e. The maximum absolute atomic E-state index is 12.5. The second-order valence-corrected chi connectivity index (χ2v) is 7.09. The van der Waals surface area contributed by atoms with E-state index in [1.165, 1.54) is 10.4 Å². The van der Waals surface area contributed by atoms with Crippen molar-refractivity contribution in [3.8, 4) is 0 Å². The largest absolute Gasteiger partial charge is 0.336 e. The summed E-state index contributed by atoms with van der Waals surface area (Å²) in [5.74, 6) is 0.226. The van der Waals surface area contributed by atoms with Crippen LogP contribution in [0.2, 0.25) is 0 Å². The first-order valence-corrected chi connectivity index (χ1v) is 8.28. The molecule has 1 aromatic heterocycles. The van der Waals surface area contributed by atoms with Gasteiger partial charge in [-0.2, -0.15) is 0 Å². The molecule has 0 saturated carbocycles. The summed E-state index contributed by atoms with van der Waals surface area (Å²) in [7, 11) is 0. The van der Waals surface area contributed by atoms with E-state index >= 15 is 0 Å². The van der Waals surface area contributed by atoms with Crippen molar-refractivity contribution in [2.75, 3.05) is 39.3 Å². The number of carbonyl (C=O) groups excluding carboxylic acids is 1. The van der Waals surface area contributed by atoms with Crippen LogP contribution in [-0.2, 0) is 0 Å². The lowest BCUT2D eigenvalue weighted by Crippen LogP contribution is -2.49. The SMILES string of the molecule is Cc1cc(C(=O)N2CCC(N3CCNCC3)C2)sc1C. The predicted octanol–water partition coefficient (Wildman–Crippen LogP) is 1.48. The topological polar surface area (TPSA) is 35.6 Å². The van der Waals surface area contributed by atoms with Crippen molar-refractivity contribution in [2.45, 2.75) is 26.3 Å². The van der Waals surface area contributed by atoms with Crippen molar-refractivity contribution in [3.63, 3.8) is 0 Å². The third-order valence-corrected chi connectivity index (χ3v) is 5.64. The monoisotopic (exact) mass is 293 g/mol. The van der Waals surface area contributed by atoms with Gasteiger partial charge in [0.1, 0.15) is 0 Å². The van der Waals surface area contributed by atoms with Crippen molar-refractivity contribution in [2.24, 2.45) is 0 Å². The molecule has 0 radical (unpaired) electrons. The normalized spacial score (nSPS) is 24.3. The summed E-state index contributed by atoms with van der Waals surface area (Å²) in [6, 6.07) is 2.60. The molecule has 3 rings (SSSR count). The molecule has 1 unspecified atom stereocenters. The number of thiophene rings is 1. The molecule has 2 fully saturated rings. The highest BCUT2D eigenvalue weighted by Crippen LogP contribution is 2.25. The summed E-state index contributed by atoms with van der Waals surface area (Å²) in [5.41, 5.74) is 1.23. The Morgan fingerprint density at radius 3 is 2.70 bits per heavy atom. The van der Waals surface area contributed by atoms with Gasteiger partial charge in [0.25, 0.3) is 5.91 Å². The van der Waals surface area contributed by atoms with Crippen LogP contribution in [0.5, 0.6) is 0 Å². The van der Waals surface area contributed by atoms with Crippen LogP contribution < -0.4 is 5.32 Å². The van der Waals surface area contributed by atoms with Gasteiger partial charge in [-0.1, -0.05) is 0 Å². The van der Waals surface area contributed by atoms with Gasteiger partial charge in [-0.15, -0.1) is 11.3 Å². The molecular weight excluding hydrogens is 270 g/mol. The Hall–Kier alpha value is -0.910. The van der Waals surface area contributed by atoms with Gasteiger partial charge in [0.05, 0.1) is 4.88 Å². The average molecular weight is 293 g/mol. The van der Waals surface area contributed by atoms with Crippen molar-refractivity contribution in [1.82, 2.24) is 15.1 Å². The Kier molecular flexibility index (Phi) is 4.10. The lowest BCUT2D eigenvalue weighted by molar-refractivity contribution is 0.0778. The van der Waals surface area contributed by atoms with Gasteiger partial charge >= 0.3 is 0 Å². The van der Waals surface area contributed by atoms with Crippen LogP contribution in [0.3, 0.4) is 0 Å². The first kappa shape index (κ1) is 14.0. The number of hydrogen-bond donors (Lipinski definition) is 1. The summed E-state index contributed by atoms with van der Waals surface area (Å²) in [6.07, 6.45) is 1.12. The maximum atomic E-state index is 12.5. The fourth-order valence-electron chi connectivity index (χ4n) is 3.11. The van der Waals surface area contributed by atoms with E-state index in [1.54, 1.807) is 11.3 Å². The van der Waals surface area contributed by atoms with Crippen LogP contribution in [0.25, 0.3) is 0 Å². The summed E-state index contributed by atoms with van der Waals surface area (Å²) in [5, 5.41) is 3.39. The van der Waals surface area contributed by atoms with Crippen molar-refractivity contribution in [3.05, 3.63) is 21.4 Å². The molecule has 2 saturated heterocycles. The lowest BCUT2D eigenvalue weighted by Gasteiger charge is -2.32. The van der Waals surface area contributed by atoms with E-state index in [9.17, 15) is 4.79 Å². The molecule has 2 aliphatic rings. The number of amides is 1. The number of rotatable bonds is 2. The van der Waals surface area contributed by atoms with Crippen LogP contribution >= 0.6 is 11.3 Å².